The zero-order chi connectivity index (χ0) is 16.4. The van der Waals surface area contributed by atoms with Crippen molar-refractivity contribution in [3.8, 4) is 0 Å². The summed E-state index contributed by atoms with van der Waals surface area (Å²) in [4.78, 5) is 36.8. The molecule has 2 aromatic rings. The van der Waals surface area contributed by atoms with Crippen molar-refractivity contribution in [3.63, 3.8) is 0 Å². The molecule has 0 spiro atoms. The second-order valence-corrected chi connectivity index (χ2v) is 5.07. The van der Waals surface area contributed by atoms with Gasteiger partial charge in [-0.2, -0.15) is 0 Å². The largest absolute Gasteiger partial charge is 0.380 e. The molecule has 0 bridgehead atoms. The molecule has 1 heterocycles. The highest BCUT2D eigenvalue weighted by Crippen LogP contribution is 2.24. The van der Waals surface area contributed by atoms with Crippen molar-refractivity contribution < 1.29 is 19.5 Å². The molecule has 3 rings (SSSR count). The number of imide groups is 1. The lowest BCUT2D eigenvalue weighted by Gasteiger charge is -2.15. The van der Waals surface area contributed by atoms with Crippen LogP contribution in [0.5, 0.6) is 0 Å². The molecule has 2 amide bonds. The Bertz CT molecular complexity index is 793. The van der Waals surface area contributed by atoms with Gasteiger partial charge in [0.15, 0.2) is 5.78 Å². The average molecular weight is 307 g/mol. The fourth-order valence-corrected chi connectivity index (χ4v) is 2.40. The molecule has 1 aliphatic rings. The Balaban J connectivity index is 1.89. The minimum atomic E-state index is -1.30. The Morgan fingerprint density at radius 3 is 2.22 bits per heavy atom. The van der Waals surface area contributed by atoms with E-state index in [9.17, 15) is 19.5 Å². The topological polar surface area (TPSA) is 74.7 Å². The summed E-state index contributed by atoms with van der Waals surface area (Å²) in [6.45, 7) is 0. The Kier molecular flexibility index (Phi) is 3.87. The van der Waals surface area contributed by atoms with E-state index in [0.29, 0.717) is 11.3 Å². The first-order valence-electron chi connectivity index (χ1n) is 7.01. The average Bonchev–Trinajstić information content (AvgIpc) is 2.93. The molecule has 1 atom stereocenters. The molecule has 2 aromatic carbocycles. The SMILES string of the molecule is O=C(c1cccc(N2C(=O)C=CC2=O)c1)C(O)c1ccccc1. The zero-order valence-electron chi connectivity index (χ0n) is 12.0. The summed E-state index contributed by atoms with van der Waals surface area (Å²) in [6.07, 6.45) is 1.06. The lowest BCUT2D eigenvalue weighted by Crippen LogP contribution is -2.29. The van der Waals surface area contributed by atoms with Crippen LogP contribution in [0.1, 0.15) is 22.0 Å². The third-order valence-corrected chi connectivity index (χ3v) is 3.56. The van der Waals surface area contributed by atoms with Crippen molar-refractivity contribution in [1.82, 2.24) is 0 Å². The Morgan fingerprint density at radius 1 is 0.913 bits per heavy atom. The maximum Gasteiger partial charge on any atom is 0.258 e. The molecule has 0 saturated carbocycles. The second kappa shape index (κ2) is 5.98. The number of hydrogen-bond donors (Lipinski definition) is 1. The monoisotopic (exact) mass is 307 g/mol. The van der Waals surface area contributed by atoms with E-state index in [4.69, 9.17) is 0 Å². The summed E-state index contributed by atoms with van der Waals surface area (Å²) in [5.74, 6) is -1.41. The molecular weight excluding hydrogens is 294 g/mol. The molecule has 23 heavy (non-hydrogen) atoms. The first-order chi connectivity index (χ1) is 11.1. The lowest BCUT2D eigenvalue weighted by atomic mass is 9.99. The normalized spacial score (nSPS) is 15.1. The molecular formula is C18H13NO4. The predicted octanol–water partition coefficient (Wildman–Crippen LogP) is 2.03. The molecule has 0 aliphatic carbocycles. The number of rotatable bonds is 4. The van der Waals surface area contributed by atoms with E-state index in [-0.39, 0.29) is 5.56 Å². The number of aliphatic hydroxyl groups excluding tert-OH is 1. The van der Waals surface area contributed by atoms with Crippen LogP contribution in [0.25, 0.3) is 0 Å². The Morgan fingerprint density at radius 2 is 1.57 bits per heavy atom. The van der Waals surface area contributed by atoms with Gasteiger partial charge in [-0.25, -0.2) is 4.90 Å². The second-order valence-electron chi connectivity index (χ2n) is 5.07. The van der Waals surface area contributed by atoms with Crippen molar-refractivity contribution >= 4 is 23.3 Å². The molecule has 0 fully saturated rings. The van der Waals surface area contributed by atoms with E-state index < -0.39 is 23.7 Å². The van der Waals surface area contributed by atoms with Gasteiger partial charge in [-0.1, -0.05) is 42.5 Å². The van der Waals surface area contributed by atoms with Gasteiger partial charge in [-0.3, -0.25) is 14.4 Å². The van der Waals surface area contributed by atoms with Gasteiger partial charge >= 0.3 is 0 Å². The van der Waals surface area contributed by atoms with Gasteiger partial charge in [0.25, 0.3) is 11.8 Å². The van der Waals surface area contributed by atoms with Crippen molar-refractivity contribution in [2.24, 2.45) is 0 Å². The van der Waals surface area contributed by atoms with Gasteiger partial charge < -0.3 is 5.11 Å². The number of carbonyl (C=O) groups excluding carboxylic acids is 3. The number of carbonyl (C=O) groups is 3. The molecule has 5 nitrogen and oxygen atoms in total. The van der Waals surface area contributed by atoms with E-state index in [0.717, 1.165) is 4.90 Å². The van der Waals surface area contributed by atoms with E-state index in [1.165, 1.54) is 24.3 Å². The lowest BCUT2D eigenvalue weighted by molar-refractivity contribution is -0.119. The minimum Gasteiger partial charge on any atom is -0.380 e. The predicted molar refractivity (Wildman–Crippen MR) is 83.8 cm³/mol. The molecule has 0 saturated heterocycles. The van der Waals surface area contributed by atoms with Crippen LogP contribution in [-0.2, 0) is 9.59 Å². The number of ketones is 1. The molecule has 0 aromatic heterocycles. The van der Waals surface area contributed by atoms with Crippen LogP contribution in [0.2, 0.25) is 0 Å². The molecule has 1 N–H and O–H groups in total. The van der Waals surface area contributed by atoms with Gasteiger partial charge in [0.05, 0.1) is 5.69 Å². The summed E-state index contributed by atoms with van der Waals surface area (Å²) in [7, 11) is 0. The van der Waals surface area contributed by atoms with Crippen LogP contribution in [0, 0.1) is 0 Å². The van der Waals surface area contributed by atoms with Crippen LogP contribution in [-0.4, -0.2) is 22.7 Å². The van der Waals surface area contributed by atoms with Gasteiger partial charge in [0, 0.05) is 17.7 Å². The molecule has 1 unspecified atom stereocenters. The summed E-state index contributed by atoms with van der Waals surface area (Å²) in [5, 5.41) is 10.2. The van der Waals surface area contributed by atoms with E-state index >= 15 is 0 Å². The van der Waals surface area contributed by atoms with Crippen molar-refractivity contribution in [3.05, 3.63) is 77.9 Å². The van der Waals surface area contributed by atoms with Gasteiger partial charge in [-0.15, -0.1) is 0 Å². The van der Waals surface area contributed by atoms with Crippen molar-refractivity contribution in [1.29, 1.82) is 0 Å². The van der Waals surface area contributed by atoms with Crippen molar-refractivity contribution in [2.75, 3.05) is 4.90 Å². The van der Waals surface area contributed by atoms with E-state index in [1.807, 2.05) is 0 Å². The number of amides is 2. The van der Waals surface area contributed by atoms with Crippen LogP contribution >= 0.6 is 0 Å². The van der Waals surface area contributed by atoms with Crippen molar-refractivity contribution in [2.45, 2.75) is 6.10 Å². The fraction of sp³-hybridized carbons (Fsp3) is 0.0556. The first-order valence-corrected chi connectivity index (χ1v) is 7.01. The fourth-order valence-electron chi connectivity index (χ4n) is 2.40. The molecule has 114 valence electrons. The van der Waals surface area contributed by atoms with Gasteiger partial charge in [0.1, 0.15) is 6.10 Å². The summed E-state index contributed by atoms with van der Waals surface area (Å²) < 4.78 is 0. The van der Waals surface area contributed by atoms with Crippen LogP contribution in [0.3, 0.4) is 0 Å². The summed E-state index contributed by atoms with van der Waals surface area (Å²) >= 11 is 0. The highest BCUT2D eigenvalue weighted by molar-refractivity contribution is 6.28. The number of nitrogens with zero attached hydrogens (tertiary/aromatic N) is 1. The standard InChI is InChI=1S/C18H13NO4/c20-15-9-10-16(21)19(15)14-8-4-7-13(11-14)18(23)17(22)12-5-2-1-3-6-12/h1-11,17,22H. The van der Waals surface area contributed by atoms with E-state index in [2.05, 4.69) is 0 Å². The molecule has 0 radical (unpaired) electrons. The van der Waals surface area contributed by atoms with Gasteiger partial charge in [0.2, 0.25) is 0 Å². The first kappa shape index (κ1) is 14.9. The van der Waals surface area contributed by atoms with Crippen LogP contribution in [0.4, 0.5) is 5.69 Å². The summed E-state index contributed by atoms with van der Waals surface area (Å²) in [6, 6.07) is 14.7. The zero-order valence-corrected chi connectivity index (χ0v) is 12.0. The highest BCUT2D eigenvalue weighted by atomic mass is 16.3. The highest BCUT2D eigenvalue weighted by Gasteiger charge is 2.26. The Labute approximate surface area is 132 Å². The number of benzene rings is 2. The molecule has 5 heteroatoms. The van der Waals surface area contributed by atoms with Gasteiger partial charge in [-0.05, 0) is 17.7 Å². The molecule has 1 aliphatic heterocycles. The van der Waals surface area contributed by atoms with E-state index in [1.54, 1.807) is 42.5 Å². The number of anilines is 1. The summed E-state index contributed by atoms with van der Waals surface area (Å²) in [5.41, 5.74) is 1.01. The minimum absolute atomic E-state index is 0.228. The maximum absolute atomic E-state index is 12.4. The van der Waals surface area contributed by atoms with Crippen LogP contribution in [0.15, 0.2) is 66.7 Å². The quantitative estimate of drug-likeness (QED) is 0.693. The number of Topliss-reactive ketones (excluding diaryl/α,β-unsaturated/α-hetero) is 1. The number of hydrogen-bond acceptors (Lipinski definition) is 4. The third kappa shape index (κ3) is 2.82. The number of aliphatic hydroxyl groups is 1. The maximum atomic E-state index is 12.4. The smallest absolute Gasteiger partial charge is 0.258 e. The third-order valence-electron chi connectivity index (χ3n) is 3.56. The Hall–Kier alpha value is -3.05. The van der Waals surface area contributed by atoms with Crippen LogP contribution < -0.4 is 4.90 Å².